The Labute approximate surface area is 238 Å². The summed E-state index contributed by atoms with van der Waals surface area (Å²) in [6.45, 7) is 6.47. The third-order valence-electron chi connectivity index (χ3n) is 8.21. The van der Waals surface area contributed by atoms with Gasteiger partial charge in [0.2, 0.25) is 0 Å². The van der Waals surface area contributed by atoms with Gasteiger partial charge in [0.15, 0.2) is 0 Å². The van der Waals surface area contributed by atoms with Crippen molar-refractivity contribution in [3.05, 3.63) is 132 Å². The average molecular weight is 529 g/mol. The number of rotatable bonds is 3. The predicted molar refractivity (Wildman–Crippen MR) is 170 cm³/mol. The Kier molecular flexibility index (Phi) is 5.13. The number of hydrogen-bond acceptors (Lipinski definition) is 2. The van der Waals surface area contributed by atoms with E-state index in [0.29, 0.717) is 0 Å². The second-order valence-corrected chi connectivity index (χ2v) is 11.0. The van der Waals surface area contributed by atoms with Gasteiger partial charge in [0, 0.05) is 33.4 Å². The maximum atomic E-state index is 5.47. The minimum Gasteiger partial charge on any atom is -0.294 e. The molecule has 196 valence electrons. The van der Waals surface area contributed by atoms with E-state index in [-0.39, 0.29) is 0 Å². The Morgan fingerprint density at radius 1 is 0.537 bits per heavy atom. The van der Waals surface area contributed by atoms with Crippen molar-refractivity contribution in [2.24, 2.45) is 0 Å². The molecule has 4 aromatic carbocycles. The lowest BCUT2D eigenvalue weighted by Crippen LogP contribution is -2.00. The van der Waals surface area contributed by atoms with Gasteiger partial charge in [0.25, 0.3) is 0 Å². The largest absolute Gasteiger partial charge is 0.294 e. The number of nitrogens with zero attached hydrogens (tertiary/aromatic N) is 4. The molecule has 0 aliphatic heterocycles. The number of benzene rings is 4. The van der Waals surface area contributed by atoms with E-state index in [0.717, 1.165) is 44.6 Å². The van der Waals surface area contributed by atoms with E-state index in [2.05, 4.69) is 127 Å². The molecule has 0 radical (unpaired) electrons. The monoisotopic (exact) mass is 528 g/mol. The highest BCUT2D eigenvalue weighted by Crippen LogP contribution is 2.38. The third kappa shape index (κ3) is 3.61. The lowest BCUT2D eigenvalue weighted by atomic mass is 10.0. The smallest absolute Gasteiger partial charge is 0.149 e. The first kappa shape index (κ1) is 23.6. The second kappa shape index (κ2) is 8.90. The summed E-state index contributed by atoms with van der Waals surface area (Å²) in [6, 6.07) is 39.1. The summed E-state index contributed by atoms with van der Waals surface area (Å²) >= 11 is 0. The van der Waals surface area contributed by atoms with E-state index < -0.39 is 0 Å². The molecule has 0 aliphatic rings. The van der Waals surface area contributed by atoms with Crippen LogP contribution in [-0.4, -0.2) is 19.1 Å². The molecule has 4 heterocycles. The molecular weight excluding hydrogens is 500 g/mol. The minimum absolute atomic E-state index is 0.864. The number of pyridine rings is 2. The van der Waals surface area contributed by atoms with Crippen molar-refractivity contribution in [1.29, 1.82) is 0 Å². The molecule has 0 N–H and O–H groups in total. The van der Waals surface area contributed by atoms with Crippen LogP contribution >= 0.6 is 0 Å². The highest BCUT2D eigenvalue weighted by Gasteiger charge is 2.20. The summed E-state index contributed by atoms with van der Waals surface area (Å²) in [6.07, 6.45) is 1.84. The quantitative estimate of drug-likeness (QED) is 0.229. The van der Waals surface area contributed by atoms with Crippen LogP contribution in [-0.2, 0) is 0 Å². The van der Waals surface area contributed by atoms with E-state index in [9.17, 15) is 0 Å². The zero-order valence-corrected chi connectivity index (χ0v) is 23.3. The molecule has 41 heavy (non-hydrogen) atoms. The van der Waals surface area contributed by atoms with Crippen LogP contribution < -0.4 is 0 Å². The fourth-order valence-corrected chi connectivity index (χ4v) is 6.27. The van der Waals surface area contributed by atoms with Crippen LogP contribution in [0.1, 0.15) is 16.7 Å². The Balaban J connectivity index is 1.51. The first-order valence-corrected chi connectivity index (χ1v) is 14.0. The SMILES string of the molecule is Cc1ccc2c(c1)c1cc3c4cc(C)ccc4n(-c4ccccn4)c3nc1n2-c1cccc(-c2ccccc2C)c1. The lowest BCUT2D eigenvalue weighted by molar-refractivity contribution is 1.05. The van der Waals surface area contributed by atoms with Gasteiger partial charge in [-0.3, -0.25) is 9.13 Å². The maximum absolute atomic E-state index is 5.47. The first-order chi connectivity index (χ1) is 20.1. The van der Waals surface area contributed by atoms with Crippen molar-refractivity contribution in [1.82, 2.24) is 19.1 Å². The number of fused-ring (bicyclic) bond motifs is 6. The van der Waals surface area contributed by atoms with Crippen LogP contribution in [0.5, 0.6) is 0 Å². The fourth-order valence-electron chi connectivity index (χ4n) is 6.27. The predicted octanol–water partition coefficient (Wildman–Crippen LogP) is 9.26. The van der Waals surface area contributed by atoms with Gasteiger partial charge in [0.05, 0.1) is 11.0 Å². The molecule has 4 nitrogen and oxygen atoms in total. The van der Waals surface area contributed by atoms with Crippen molar-refractivity contribution >= 4 is 43.9 Å². The zero-order chi connectivity index (χ0) is 27.7. The first-order valence-electron chi connectivity index (χ1n) is 14.0. The molecule has 0 unspecified atom stereocenters. The Bertz CT molecular complexity index is 2290. The maximum Gasteiger partial charge on any atom is 0.149 e. The molecule has 0 saturated carbocycles. The Morgan fingerprint density at radius 2 is 1.22 bits per heavy atom. The van der Waals surface area contributed by atoms with E-state index in [1.54, 1.807) is 0 Å². The second-order valence-electron chi connectivity index (χ2n) is 11.0. The highest BCUT2D eigenvalue weighted by atomic mass is 15.1. The lowest BCUT2D eigenvalue weighted by Gasteiger charge is -2.11. The standard InChI is InChI=1S/C37H28N4/c1-23-14-16-33-29(19-23)31-22-32-30-20-24(2)15-17-34(30)41(35-13-6-7-18-38-35)37(32)39-36(31)40(33)27-11-8-10-26(21-27)28-12-5-4-9-25(28)3/h4-22H,1-3H3. The Hall–Kier alpha value is -5.22. The summed E-state index contributed by atoms with van der Waals surface area (Å²) in [5.74, 6) is 0.864. The molecule has 0 atom stereocenters. The van der Waals surface area contributed by atoms with E-state index in [4.69, 9.17) is 9.97 Å². The van der Waals surface area contributed by atoms with Gasteiger partial charge < -0.3 is 0 Å². The minimum atomic E-state index is 0.864. The van der Waals surface area contributed by atoms with Gasteiger partial charge in [-0.25, -0.2) is 9.97 Å². The highest BCUT2D eigenvalue weighted by molar-refractivity contribution is 6.16. The third-order valence-corrected chi connectivity index (χ3v) is 8.21. The number of aryl methyl sites for hydroxylation is 3. The van der Waals surface area contributed by atoms with Gasteiger partial charge in [-0.15, -0.1) is 0 Å². The van der Waals surface area contributed by atoms with Crippen molar-refractivity contribution in [2.45, 2.75) is 20.8 Å². The van der Waals surface area contributed by atoms with Gasteiger partial charge in [-0.2, -0.15) is 0 Å². The van der Waals surface area contributed by atoms with E-state index in [1.807, 2.05) is 18.3 Å². The molecule has 0 aliphatic carbocycles. The molecule has 0 saturated heterocycles. The van der Waals surface area contributed by atoms with Crippen molar-refractivity contribution in [2.75, 3.05) is 0 Å². The zero-order valence-electron chi connectivity index (χ0n) is 23.3. The summed E-state index contributed by atoms with van der Waals surface area (Å²) in [5, 5.41) is 4.69. The van der Waals surface area contributed by atoms with Crippen LogP contribution in [0.4, 0.5) is 0 Å². The van der Waals surface area contributed by atoms with Gasteiger partial charge in [0.1, 0.15) is 17.1 Å². The molecule has 8 aromatic rings. The molecule has 0 spiro atoms. The summed E-state index contributed by atoms with van der Waals surface area (Å²) in [4.78, 5) is 10.2. The van der Waals surface area contributed by atoms with Crippen LogP contribution in [0.25, 0.3) is 66.5 Å². The van der Waals surface area contributed by atoms with Gasteiger partial charge >= 0.3 is 0 Å². The van der Waals surface area contributed by atoms with Crippen molar-refractivity contribution < 1.29 is 0 Å². The molecule has 0 amide bonds. The van der Waals surface area contributed by atoms with Gasteiger partial charge in [-0.1, -0.05) is 65.7 Å². The van der Waals surface area contributed by atoms with Crippen LogP contribution in [0.2, 0.25) is 0 Å². The van der Waals surface area contributed by atoms with Gasteiger partial charge in [-0.05, 0) is 92.1 Å². The summed E-state index contributed by atoms with van der Waals surface area (Å²) < 4.78 is 4.51. The van der Waals surface area contributed by atoms with Crippen LogP contribution in [0, 0.1) is 20.8 Å². The van der Waals surface area contributed by atoms with Crippen LogP contribution in [0.3, 0.4) is 0 Å². The molecule has 0 fully saturated rings. The number of hydrogen-bond donors (Lipinski definition) is 0. The van der Waals surface area contributed by atoms with Crippen molar-refractivity contribution in [3.63, 3.8) is 0 Å². The summed E-state index contributed by atoms with van der Waals surface area (Å²) in [7, 11) is 0. The fraction of sp³-hybridized carbons (Fsp3) is 0.0811. The normalized spacial score (nSPS) is 11.8. The molecule has 0 bridgehead atoms. The Morgan fingerprint density at radius 3 is 1.93 bits per heavy atom. The molecule has 8 rings (SSSR count). The summed E-state index contributed by atoms with van der Waals surface area (Å²) in [5.41, 5.74) is 11.4. The van der Waals surface area contributed by atoms with E-state index >= 15 is 0 Å². The molecule has 4 heteroatoms. The topological polar surface area (TPSA) is 35.6 Å². The number of aromatic nitrogens is 4. The average Bonchev–Trinajstić information content (AvgIpc) is 3.48. The molecule has 4 aromatic heterocycles. The van der Waals surface area contributed by atoms with E-state index in [1.165, 1.54) is 38.6 Å². The molecular formula is C37H28N4. The van der Waals surface area contributed by atoms with Crippen molar-refractivity contribution in [3.8, 4) is 22.6 Å². The van der Waals surface area contributed by atoms with Crippen LogP contribution in [0.15, 0.2) is 115 Å².